The van der Waals surface area contributed by atoms with Crippen molar-refractivity contribution in [3.8, 4) is 11.1 Å². The third kappa shape index (κ3) is 18.8. The Hall–Kier alpha value is -8.22. The average Bonchev–Trinajstić information content (AvgIpc) is 1.62. The van der Waals surface area contributed by atoms with Gasteiger partial charge in [-0.25, -0.2) is 9.18 Å². The summed E-state index contributed by atoms with van der Waals surface area (Å²) in [6.07, 6.45) is -4.03. The molecular weight excluding hydrogens is 1290 g/mol. The molecular formula is C76H89F7N8O8. The largest absolute Gasteiger partial charge is 0.446 e. The molecule has 0 radical (unpaired) electrons. The van der Waals surface area contributed by atoms with Crippen LogP contribution in [0.3, 0.4) is 0 Å². The van der Waals surface area contributed by atoms with Gasteiger partial charge in [-0.1, -0.05) is 110 Å². The van der Waals surface area contributed by atoms with Gasteiger partial charge in [0.1, 0.15) is 30.9 Å². The van der Waals surface area contributed by atoms with Gasteiger partial charge in [0, 0.05) is 102 Å². The molecule has 3 heterocycles. The van der Waals surface area contributed by atoms with Gasteiger partial charge in [0.15, 0.2) is 0 Å². The van der Waals surface area contributed by atoms with Crippen LogP contribution in [0, 0.1) is 5.82 Å². The monoisotopic (exact) mass is 1370 g/mol. The minimum Gasteiger partial charge on any atom is -0.446 e. The van der Waals surface area contributed by atoms with Crippen LogP contribution in [0.4, 0.5) is 41.2 Å². The van der Waals surface area contributed by atoms with E-state index in [-0.39, 0.29) is 55.6 Å². The molecule has 530 valence electrons. The molecule has 2 atom stereocenters. The van der Waals surface area contributed by atoms with Gasteiger partial charge < -0.3 is 48.5 Å². The van der Waals surface area contributed by atoms with Gasteiger partial charge in [-0.2, -0.15) is 26.3 Å². The molecule has 0 aromatic heterocycles. The van der Waals surface area contributed by atoms with E-state index < -0.39 is 64.6 Å². The molecule has 16 nitrogen and oxygen atoms in total. The highest BCUT2D eigenvalue weighted by Crippen LogP contribution is 2.49. The third-order valence-electron chi connectivity index (χ3n) is 20.1. The lowest BCUT2D eigenvalue weighted by Crippen LogP contribution is -2.50. The number of hydrogen-bond acceptors (Lipinski definition) is 11. The highest BCUT2D eigenvalue weighted by molar-refractivity contribution is 5.96. The molecule has 10 rings (SSSR count). The second-order valence-corrected chi connectivity index (χ2v) is 26.9. The number of nitrogens with one attached hydrogen (secondary N) is 1. The molecule has 1 aliphatic carbocycles. The van der Waals surface area contributed by atoms with E-state index in [1.807, 2.05) is 105 Å². The summed E-state index contributed by atoms with van der Waals surface area (Å²) in [4.78, 5) is 80.4. The molecule has 3 aliphatic heterocycles. The van der Waals surface area contributed by atoms with E-state index in [9.17, 15) is 54.7 Å². The molecule has 5 amide bonds. The quantitative estimate of drug-likeness (QED) is 0.0388. The molecule has 6 aromatic carbocycles. The molecule has 1 spiro atoms. The first-order valence-corrected chi connectivity index (χ1v) is 34.1. The van der Waals surface area contributed by atoms with E-state index in [2.05, 4.69) is 32.1 Å². The van der Waals surface area contributed by atoms with E-state index in [1.54, 1.807) is 28.8 Å². The maximum Gasteiger partial charge on any atom is 0.416 e. The Labute approximate surface area is 574 Å². The molecule has 0 bridgehead atoms. The Bertz CT molecular complexity index is 3700. The number of likely N-dealkylation sites (tertiary alicyclic amines) is 2. The second kappa shape index (κ2) is 32.8. The zero-order valence-electron chi connectivity index (χ0n) is 56.7. The van der Waals surface area contributed by atoms with Crippen molar-refractivity contribution in [2.24, 2.45) is 0 Å². The van der Waals surface area contributed by atoms with E-state index in [0.717, 1.165) is 91.0 Å². The first-order chi connectivity index (χ1) is 47.4. The van der Waals surface area contributed by atoms with Crippen molar-refractivity contribution in [1.82, 2.24) is 34.3 Å². The van der Waals surface area contributed by atoms with Gasteiger partial charge in [0.2, 0.25) is 11.8 Å². The van der Waals surface area contributed by atoms with Crippen LogP contribution >= 0.6 is 0 Å². The zero-order chi connectivity index (χ0) is 70.5. The smallest absolute Gasteiger partial charge is 0.416 e. The molecule has 6 aromatic rings. The number of unbranched alkanes of at least 4 members (excludes halogenated alkanes) is 2. The third-order valence-corrected chi connectivity index (χ3v) is 20.1. The normalized spacial score (nSPS) is 18.1. The molecule has 1 N–H and O–H groups in total. The molecule has 23 heteroatoms. The van der Waals surface area contributed by atoms with Crippen molar-refractivity contribution in [2.45, 2.75) is 113 Å². The number of rotatable bonds is 27. The highest BCUT2D eigenvalue weighted by atomic mass is 19.4. The van der Waals surface area contributed by atoms with Gasteiger partial charge in [0.25, 0.3) is 11.8 Å². The number of para-hydroxylation sites is 1. The maximum atomic E-state index is 14.3. The van der Waals surface area contributed by atoms with Crippen LogP contribution < -0.4 is 5.32 Å². The van der Waals surface area contributed by atoms with Crippen LogP contribution in [-0.2, 0) is 60.1 Å². The van der Waals surface area contributed by atoms with Crippen LogP contribution in [0.1, 0.15) is 118 Å². The fraction of sp³-hybridized carbons (Fsp3) is 0.461. The Morgan fingerprint density at radius 2 is 1.28 bits per heavy atom. The molecule has 0 saturated carbocycles. The number of carbonyl (C=O) groups excluding carboxylic acids is 5. The number of ether oxygens (including phenoxy) is 3. The number of likely N-dealkylation sites (N-methyl/N-ethyl adjacent to an activating group) is 2. The number of piperidine rings is 2. The number of halogens is 7. The summed E-state index contributed by atoms with van der Waals surface area (Å²) >= 11 is 0. The Morgan fingerprint density at radius 1 is 0.646 bits per heavy atom. The fourth-order valence-corrected chi connectivity index (χ4v) is 14.2. The van der Waals surface area contributed by atoms with Crippen molar-refractivity contribution in [2.75, 3.05) is 119 Å². The first kappa shape index (κ1) is 73.5. The first-order valence-electron chi connectivity index (χ1n) is 34.1. The summed E-state index contributed by atoms with van der Waals surface area (Å²) in [6, 6.07) is 39.6. The van der Waals surface area contributed by atoms with E-state index in [0.29, 0.717) is 107 Å². The molecule has 99 heavy (non-hydrogen) atoms. The van der Waals surface area contributed by atoms with Gasteiger partial charge in [-0.3, -0.25) is 24.5 Å². The summed E-state index contributed by atoms with van der Waals surface area (Å²) in [5, 5.41) is 2.94. The number of hydrogen-bond donors (Lipinski definition) is 1. The van der Waals surface area contributed by atoms with E-state index in [4.69, 9.17) is 14.2 Å². The van der Waals surface area contributed by atoms with E-state index in [1.165, 1.54) is 24.3 Å². The lowest BCUT2D eigenvalue weighted by atomic mass is 9.72. The zero-order valence-corrected chi connectivity index (χ0v) is 56.7. The van der Waals surface area contributed by atoms with Crippen LogP contribution in [-0.4, -0.2) is 190 Å². The number of alkyl halides is 6. The average molecular weight is 1380 g/mol. The second-order valence-electron chi connectivity index (χ2n) is 26.9. The summed E-state index contributed by atoms with van der Waals surface area (Å²) in [5.41, 5.74) is 1.27. The summed E-state index contributed by atoms with van der Waals surface area (Å²) in [6.45, 7) is 5.94. The van der Waals surface area contributed by atoms with E-state index >= 15 is 0 Å². The molecule has 3 saturated heterocycles. The summed E-state index contributed by atoms with van der Waals surface area (Å²) < 4.78 is 116. The molecule has 4 aliphatic rings. The highest BCUT2D eigenvalue weighted by Gasteiger charge is 2.50. The van der Waals surface area contributed by atoms with Crippen molar-refractivity contribution in [1.29, 1.82) is 0 Å². The minimum atomic E-state index is -5.15. The van der Waals surface area contributed by atoms with Crippen LogP contribution in [0.2, 0.25) is 0 Å². The van der Waals surface area contributed by atoms with Crippen molar-refractivity contribution in [3.05, 3.63) is 196 Å². The SMILES string of the molecule is CN(CCCCCC(=O)N(C)CCN1CCC(OC(=O)Nc2ccccc2-c2ccccc2)CC1)Cc1ccccc1C(=O)N(C)CCCN(C)C(=O)CO[C@H]1Cc2ccccc2C12CCN(CC[C@@]1(c3ccc(F)cc3)CN(C(=O)c3cc(C(F)(F)F)cc(C(F)(F)F)c3)CO1)CC2. The number of amides is 5. The molecule has 0 unspecified atom stereocenters. The molecule has 3 fully saturated rings. The van der Waals surface area contributed by atoms with Gasteiger partial charge in [-0.05, 0) is 155 Å². The van der Waals surface area contributed by atoms with Crippen LogP contribution in [0.15, 0.2) is 146 Å². The maximum absolute atomic E-state index is 14.3. The Morgan fingerprint density at radius 3 is 2.00 bits per heavy atom. The predicted octanol–water partition coefficient (Wildman–Crippen LogP) is 13.0. The summed E-state index contributed by atoms with van der Waals surface area (Å²) in [5.74, 6) is -1.79. The van der Waals surface area contributed by atoms with Crippen LogP contribution in [0.25, 0.3) is 11.1 Å². The summed E-state index contributed by atoms with van der Waals surface area (Å²) in [7, 11) is 7.38. The van der Waals surface area contributed by atoms with Crippen LogP contribution in [0.5, 0.6) is 0 Å². The number of benzene rings is 6. The lowest BCUT2D eigenvalue weighted by molar-refractivity contribution is -0.143. The topological polar surface area (TPSA) is 148 Å². The Kier molecular flexibility index (Phi) is 24.4. The number of carbonyl (C=O) groups is 5. The number of nitrogens with zero attached hydrogens (tertiary/aromatic N) is 7. The van der Waals surface area contributed by atoms with Gasteiger partial charge >= 0.3 is 18.4 Å². The number of anilines is 1. The Balaban J connectivity index is 0.622. The fourth-order valence-electron chi connectivity index (χ4n) is 14.2. The minimum absolute atomic E-state index is 0.0272. The predicted molar refractivity (Wildman–Crippen MR) is 363 cm³/mol. The lowest BCUT2D eigenvalue weighted by Gasteiger charge is -2.44. The van der Waals surface area contributed by atoms with Gasteiger partial charge in [0.05, 0.1) is 29.5 Å². The van der Waals surface area contributed by atoms with Crippen molar-refractivity contribution < 1.29 is 68.9 Å². The van der Waals surface area contributed by atoms with Gasteiger partial charge in [-0.15, -0.1) is 0 Å². The number of fused-ring (bicyclic) bond motifs is 2. The van der Waals surface area contributed by atoms with Crippen molar-refractivity contribution in [3.63, 3.8) is 0 Å². The van der Waals surface area contributed by atoms with Crippen molar-refractivity contribution >= 4 is 35.4 Å². The standard InChI is InChI=1S/C76H89F7N8O8/c1-85(36-16-6-9-26-68(92)87(3)44-45-89-39-31-62(32-40-89)99-72(96)84-66-25-15-13-22-63(66)54-18-7-5-8-19-54)50-56-21-10-12-23-64(56)71(95)88(4)38-17-37-86(2)69(93)51-97-67-48-55-20-11-14-24-65(55)73(67)33-41-90(42-34-73)43-35-74(58-27-29-61(77)30-28-58)52-91(53-98-74)70(94)57-46-59(75(78,79)80)49-60(47-57)76(81,82)83/h5,7-8,10-15,18-25,27-30,46-47,49,62,67H,6,9,16-17,26,31-45,48,50-53H2,1-4H3,(H,84,96)/t67-,74-/m0/s1.